The SMILES string of the molecule is O=C(NCCC1CCCO1)N1CCC(Oc2cccnc2N2CCCC2)C1. The molecule has 2 amide bonds. The van der Waals surface area contributed by atoms with E-state index < -0.39 is 0 Å². The Morgan fingerprint density at radius 1 is 1.26 bits per heavy atom. The summed E-state index contributed by atoms with van der Waals surface area (Å²) < 4.78 is 11.8. The lowest BCUT2D eigenvalue weighted by atomic mass is 10.2. The van der Waals surface area contributed by atoms with Crippen molar-refractivity contribution in [3.8, 4) is 5.75 Å². The molecule has 3 aliphatic heterocycles. The molecule has 0 bridgehead atoms. The van der Waals surface area contributed by atoms with Crippen LogP contribution < -0.4 is 15.0 Å². The summed E-state index contributed by atoms with van der Waals surface area (Å²) in [4.78, 5) is 21.1. The van der Waals surface area contributed by atoms with Crippen molar-refractivity contribution in [3.05, 3.63) is 18.3 Å². The number of carbonyl (C=O) groups excluding carboxylic acids is 1. The van der Waals surface area contributed by atoms with Crippen molar-refractivity contribution in [1.29, 1.82) is 0 Å². The minimum atomic E-state index is 0.00468. The van der Waals surface area contributed by atoms with Gasteiger partial charge in [-0.25, -0.2) is 9.78 Å². The Kier molecular flexibility index (Phi) is 5.97. The summed E-state index contributed by atoms with van der Waals surface area (Å²) in [5.41, 5.74) is 0. The summed E-state index contributed by atoms with van der Waals surface area (Å²) in [6.07, 6.45) is 8.58. The van der Waals surface area contributed by atoms with Gasteiger partial charge in [-0.2, -0.15) is 0 Å². The Hall–Kier alpha value is -2.02. The molecule has 0 radical (unpaired) electrons. The highest BCUT2D eigenvalue weighted by atomic mass is 16.5. The monoisotopic (exact) mass is 374 g/mol. The summed E-state index contributed by atoms with van der Waals surface area (Å²) in [6.45, 7) is 4.97. The summed E-state index contributed by atoms with van der Waals surface area (Å²) in [5, 5.41) is 3.02. The van der Waals surface area contributed by atoms with Crippen LogP contribution in [0.15, 0.2) is 18.3 Å². The lowest BCUT2D eigenvalue weighted by molar-refractivity contribution is 0.104. The van der Waals surface area contributed by atoms with Crippen molar-refractivity contribution >= 4 is 11.8 Å². The first-order valence-corrected chi connectivity index (χ1v) is 10.3. The Balaban J connectivity index is 1.25. The lowest BCUT2D eigenvalue weighted by Gasteiger charge is -2.22. The van der Waals surface area contributed by atoms with Crippen LogP contribution in [0.3, 0.4) is 0 Å². The number of rotatable bonds is 6. The van der Waals surface area contributed by atoms with Crippen molar-refractivity contribution in [2.24, 2.45) is 0 Å². The Morgan fingerprint density at radius 3 is 2.96 bits per heavy atom. The van der Waals surface area contributed by atoms with Gasteiger partial charge in [-0.1, -0.05) is 0 Å². The Labute approximate surface area is 161 Å². The number of ether oxygens (including phenoxy) is 2. The molecule has 1 aromatic heterocycles. The normalized spacial score (nSPS) is 25.2. The van der Waals surface area contributed by atoms with E-state index in [2.05, 4.69) is 15.2 Å². The molecule has 148 valence electrons. The van der Waals surface area contributed by atoms with Gasteiger partial charge >= 0.3 is 6.03 Å². The molecular weight excluding hydrogens is 344 g/mol. The molecule has 7 heteroatoms. The molecule has 3 saturated heterocycles. The second-order valence-electron chi connectivity index (χ2n) is 7.65. The number of pyridine rings is 1. The van der Waals surface area contributed by atoms with Gasteiger partial charge in [0.05, 0.1) is 12.6 Å². The fourth-order valence-electron chi connectivity index (χ4n) is 4.15. The predicted molar refractivity (Wildman–Crippen MR) is 103 cm³/mol. The number of hydrogen-bond acceptors (Lipinski definition) is 5. The van der Waals surface area contributed by atoms with Crippen molar-refractivity contribution in [1.82, 2.24) is 15.2 Å². The van der Waals surface area contributed by atoms with Gasteiger partial charge in [-0.15, -0.1) is 0 Å². The number of nitrogens with zero attached hydrogens (tertiary/aromatic N) is 3. The molecule has 4 rings (SSSR count). The van der Waals surface area contributed by atoms with Crippen LogP contribution in [0.25, 0.3) is 0 Å². The van der Waals surface area contributed by atoms with E-state index in [-0.39, 0.29) is 12.1 Å². The molecule has 2 unspecified atom stereocenters. The molecule has 3 aliphatic rings. The summed E-state index contributed by atoms with van der Waals surface area (Å²) >= 11 is 0. The summed E-state index contributed by atoms with van der Waals surface area (Å²) in [7, 11) is 0. The summed E-state index contributed by atoms with van der Waals surface area (Å²) in [5.74, 6) is 1.78. The molecule has 0 spiro atoms. The third-order valence-electron chi connectivity index (χ3n) is 5.65. The molecule has 0 aromatic carbocycles. The minimum absolute atomic E-state index is 0.00468. The Bertz CT molecular complexity index is 629. The smallest absolute Gasteiger partial charge is 0.317 e. The quantitative estimate of drug-likeness (QED) is 0.828. The van der Waals surface area contributed by atoms with E-state index >= 15 is 0 Å². The van der Waals surface area contributed by atoms with Gasteiger partial charge in [0.2, 0.25) is 0 Å². The first-order chi connectivity index (χ1) is 13.3. The van der Waals surface area contributed by atoms with E-state index in [4.69, 9.17) is 9.47 Å². The van der Waals surface area contributed by atoms with Crippen LogP contribution in [-0.2, 0) is 4.74 Å². The molecule has 0 saturated carbocycles. The maximum absolute atomic E-state index is 12.4. The highest BCUT2D eigenvalue weighted by Gasteiger charge is 2.29. The van der Waals surface area contributed by atoms with Gasteiger partial charge in [0.25, 0.3) is 0 Å². The highest BCUT2D eigenvalue weighted by molar-refractivity contribution is 5.74. The molecule has 1 N–H and O–H groups in total. The predicted octanol–water partition coefficient (Wildman–Crippen LogP) is 2.41. The average molecular weight is 374 g/mol. The Morgan fingerprint density at radius 2 is 2.15 bits per heavy atom. The van der Waals surface area contributed by atoms with Crippen molar-refractivity contribution < 1.29 is 14.3 Å². The van der Waals surface area contributed by atoms with E-state index in [1.165, 1.54) is 12.8 Å². The number of carbonyl (C=O) groups is 1. The number of aromatic nitrogens is 1. The van der Waals surface area contributed by atoms with Crippen LogP contribution in [0.4, 0.5) is 10.6 Å². The minimum Gasteiger partial charge on any atom is -0.485 e. The van der Waals surface area contributed by atoms with E-state index in [9.17, 15) is 4.79 Å². The van der Waals surface area contributed by atoms with Crippen molar-refractivity contribution in [2.45, 2.75) is 50.7 Å². The van der Waals surface area contributed by atoms with Crippen LogP contribution in [0.5, 0.6) is 5.75 Å². The first-order valence-electron chi connectivity index (χ1n) is 10.3. The molecule has 4 heterocycles. The van der Waals surface area contributed by atoms with E-state index in [0.29, 0.717) is 19.2 Å². The number of anilines is 1. The van der Waals surface area contributed by atoms with Crippen molar-refractivity contribution in [2.75, 3.05) is 44.2 Å². The van der Waals surface area contributed by atoms with Gasteiger partial charge in [0.1, 0.15) is 6.10 Å². The van der Waals surface area contributed by atoms with Gasteiger partial charge < -0.3 is 24.6 Å². The van der Waals surface area contributed by atoms with Crippen LogP contribution >= 0.6 is 0 Å². The van der Waals surface area contributed by atoms with Gasteiger partial charge in [-0.05, 0) is 44.2 Å². The summed E-state index contributed by atoms with van der Waals surface area (Å²) in [6, 6.07) is 3.91. The van der Waals surface area contributed by atoms with Crippen LogP contribution in [0.1, 0.15) is 38.5 Å². The number of amides is 2. The fourth-order valence-corrected chi connectivity index (χ4v) is 4.15. The molecular formula is C20H30N4O3. The standard InChI is InChI=1S/C20H30N4O3/c25-20(22-10-7-16-5-4-14-26-16)24-13-8-17(15-24)27-18-6-3-9-21-19(18)23-11-1-2-12-23/h3,6,9,16-17H,1-2,4-5,7-8,10-15H2,(H,22,25). The number of likely N-dealkylation sites (tertiary alicyclic amines) is 1. The van der Waals surface area contributed by atoms with Gasteiger partial charge in [0.15, 0.2) is 11.6 Å². The molecule has 0 aliphatic carbocycles. The third-order valence-corrected chi connectivity index (χ3v) is 5.65. The average Bonchev–Trinajstić information content (AvgIpc) is 3.45. The fraction of sp³-hybridized carbons (Fsp3) is 0.700. The maximum Gasteiger partial charge on any atom is 0.317 e. The molecule has 3 fully saturated rings. The lowest BCUT2D eigenvalue weighted by Crippen LogP contribution is -2.40. The third kappa shape index (κ3) is 4.64. The second kappa shape index (κ2) is 8.78. The zero-order valence-corrected chi connectivity index (χ0v) is 15.9. The second-order valence-corrected chi connectivity index (χ2v) is 7.65. The van der Waals surface area contributed by atoms with Gasteiger partial charge in [-0.3, -0.25) is 0 Å². The van der Waals surface area contributed by atoms with Crippen molar-refractivity contribution in [3.63, 3.8) is 0 Å². The van der Waals surface area contributed by atoms with Crippen LogP contribution in [-0.4, -0.2) is 67.5 Å². The largest absolute Gasteiger partial charge is 0.485 e. The maximum atomic E-state index is 12.4. The van der Waals surface area contributed by atoms with E-state index in [1.807, 2.05) is 23.2 Å². The zero-order chi connectivity index (χ0) is 18.5. The highest BCUT2D eigenvalue weighted by Crippen LogP contribution is 2.30. The molecule has 1 aromatic rings. The molecule has 7 nitrogen and oxygen atoms in total. The molecule has 2 atom stereocenters. The zero-order valence-electron chi connectivity index (χ0n) is 15.9. The molecule has 27 heavy (non-hydrogen) atoms. The van der Waals surface area contributed by atoms with E-state index in [0.717, 1.165) is 63.5 Å². The van der Waals surface area contributed by atoms with Crippen LogP contribution in [0, 0.1) is 0 Å². The van der Waals surface area contributed by atoms with Gasteiger partial charge in [0, 0.05) is 45.4 Å². The number of nitrogens with one attached hydrogen (secondary N) is 1. The first kappa shape index (κ1) is 18.3. The van der Waals surface area contributed by atoms with Crippen LogP contribution in [0.2, 0.25) is 0 Å². The topological polar surface area (TPSA) is 66.9 Å². The number of hydrogen-bond donors (Lipinski definition) is 1. The van der Waals surface area contributed by atoms with E-state index in [1.54, 1.807) is 0 Å². The number of urea groups is 1.